The van der Waals surface area contributed by atoms with E-state index in [4.69, 9.17) is 0 Å². The molecule has 2 aromatic heterocycles. The van der Waals surface area contributed by atoms with Crippen molar-refractivity contribution in [1.29, 1.82) is 0 Å². The molecule has 0 saturated carbocycles. The lowest BCUT2D eigenvalue weighted by Gasteiger charge is -2.08. The summed E-state index contributed by atoms with van der Waals surface area (Å²) in [7, 11) is 0. The van der Waals surface area contributed by atoms with Crippen LogP contribution in [0.2, 0.25) is 0 Å². The number of hydrogen-bond donors (Lipinski definition) is 1. The third kappa shape index (κ3) is 4.59. The number of benzene rings is 1. The molecule has 1 aliphatic carbocycles. The van der Waals surface area contributed by atoms with Gasteiger partial charge >= 0.3 is 0 Å². The quantitative estimate of drug-likeness (QED) is 0.444. The van der Waals surface area contributed by atoms with Crippen LogP contribution < -0.4 is 5.32 Å². The van der Waals surface area contributed by atoms with Crippen LogP contribution in [0.15, 0.2) is 47.6 Å². The Kier molecular flexibility index (Phi) is 6.02. The molecular weight excluding hydrogens is 393 g/mol. The highest BCUT2D eigenvalue weighted by atomic mass is 32.2. The molecule has 0 saturated heterocycles. The zero-order valence-corrected chi connectivity index (χ0v) is 16.9. The number of rotatable bonds is 5. The van der Waals surface area contributed by atoms with Gasteiger partial charge in [0.25, 0.3) is 5.91 Å². The van der Waals surface area contributed by atoms with Gasteiger partial charge in [-0.1, -0.05) is 18.6 Å². The SMILES string of the molecule is O=C(Nc1nc2c(s1)CCCCC2)c1cccnc1SCc1ccc(F)cc1. The first-order valence-electron chi connectivity index (χ1n) is 9.31. The number of aromatic nitrogens is 2. The Morgan fingerprint density at radius 2 is 1.96 bits per heavy atom. The number of thioether (sulfide) groups is 1. The van der Waals surface area contributed by atoms with E-state index in [0.717, 1.165) is 30.5 Å². The van der Waals surface area contributed by atoms with Crippen LogP contribution in [0.4, 0.5) is 9.52 Å². The number of nitrogens with zero attached hydrogens (tertiary/aromatic N) is 2. The Hall–Kier alpha value is -2.25. The first kappa shape index (κ1) is 19.1. The molecule has 3 aromatic rings. The maximum Gasteiger partial charge on any atom is 0.260 e. The van der Waals surface area contributed by atoms with Crippen molar-refractivity contribution in [3.8, 4) is 0 Å². The molecule has 0 bridgehead atoms. The van der Waals surface area contributed by atoms with E-state index in [1.807, 2.05) is 0 Å². The fourth-order valence-electron chi connectivity index (χ4n) is 3.16. The van der Waals surface area contributed by atoms with Crippen LogP contribution in [-0.4, -0.2) is 15.9 Å². The van der Waals surface area contributed by atoms with Gasteiger partial charge in [0.05, 0.1) is 11.3 Å². The number of thiazole rings is 1. The Morgan fingerprint density at radius 3 is 2.82 bits per heavy atom. The van der Waals surface area contributed by atoms with Crippen LogP contribution in [0.5, 0.6) is 0 Å². The molecule has 0 radical (unpaired) electrons. The number of carbonyl (C=O) groups is 1. The predicted octanol–water partition coefficient (Wildman–Crippen LogP) is 5.49. The molecule has 2 heterocycles. The minimum atomic E-state index is -0.256. The van der Waals surface area contributed by atoms with E-state index < -0.39 is 0 Å². The van der Waals surface area contributed by atoms with Crippen molar-refractivity contribution in [3.05, 3.63) is 70.1 Å². The molecule has 7 heteroatoms. The lowest BCUT2D eigenvalue weighted by atomic mass is 10.2. The Labute approximate surface area is 171 Å². The average molecular weight is 414 g/mol. The number of hydrogen-bond acceptors (Lipinski definition) is 5. The number of anilines is 1. The van der Waals surface area contributed by atoms with E-state index in [9.17, 15) is 9.18 Å². The minimum Gasteiger partial charge on any atom is -0.298 e. The predicted molar refractivity (Wildman–Crippen MR) is 112 cm³/mol. The van der Waals surface area contributed by atoms with Gasteiger partial charge in [-0.25, -0.2) is 14.4 Å². The largest absolute Gasteiger partial charge is 0.298 e. The Bertz CT molecular complexity index is 949. The Balaban J connectivity index is 1.46. The molecule has 1 amide bonds. The zero-order chi connectivity index (χ0) is 19.3. The van der Waals surface area contributed by atoms with Crippen LogP contribution in [0, 0.1) is 5.82 Å². The molecule has 0 fully saturated rings. The van der Waals surface area contributed by atoms with E-state index in [-0.39, 0.29) is 11.7 Å². The molecule has 1 aromatic carbocycles. The first-order valence-corrected chi connectivity index (χ1v) is 11.1. The fraction of sp³-hybridized carbons (Fsp3) is 0.286. The highest BCUT2D eigenvalue weighted by molar-refractivity contribution is 7.98. The summed E-state index contributed by atoms with van der Waals surface area (Å²) in [5.74, 6) is 0.162. The van der Waals surface area contributed by atoms with Gasteiger partial charge in [0.1, 0.15) is 10.8 Å². The smallest absolute Gasteiger partial charge is 0.260 e. The van der Waals surface area contributed by atoms with E-state index >= 15 is 0 Å². The van der Waals surface area contributed by atoms with Gasteiger partial charge in [-0.3, -0.25) is 10.1 Å². The van der Waals surface area contributed by atoms with Gasteiger partial charge in [-0.15, -0.1) is 23.1 Å². The molecule has 4 nitrogen and oxygen atoms in total. The molecule has 0 spiro atoms. The van der Waals surface area contributed by atoms with Gasteiger partial charge in [0.15, 0.2) is 5.13 Å². The van der Waals surface area contributed by atoms with Gasteiger partial charge in [0, 0.05) is 16.8 Å². The topological polar surface area (TPSA) is 54.9 Å². The highest BCUT2D eigenvalue weighted by Gasteiger charge is 2.18. The number of halogens is 1. The van der Waals surface area contributed by atoms with Crippen LogP contribution in [0.25, 0.3) is 0 Å². The van der Waals surface area contributed by atoms with Crippen molar-refractivity contribution in [2.45, 2.75) is 42.9 Å². The number of carbonyl (C=O) groups excluding carboxylic acids is 1. The molecule has 1 N–H and O–H groups in total. The monoisotopic (exact) mass is 413 g/mol. The lowest BCUT2D eigenvalue weighted by molar-refractivity contribution is 0.102. The van der Waals surface area contributed by atoms with Crippen molar-refractivity contribution in [2.75, 3.05) is 5.32 Å². The summed E-state index contributed by atoms with van der Waals surface area (Å²) in [6.07, 6.45) is 7.32. The number of fused-ring (bicyclic) bond motifs is 1. The van der Waals surface area contributed by atoms with Crippen molar-refractivity contribution >= 4 is 34.1 Å². The Morgan fingerprint density at radius 1 is 1.14 bits per heavy atom. The highest BCUT2D eigenvalue weighted by Crippen LogP contribution is 2.30. The van der Waals surface area contributed by atoms with E-state index in [0.29, 0.717) is 21.5 Å². The third-order valence-electron chi connectivity index (χ3n) is 4.62. The summed E-state index contributed by atoms with van der Waals surface area (Å²) in [4.78, 5) is 23.1. The van der Waals surface area contributed by atoms with Crippen molar-refractivity contribution < 1.29 is 9.18 Å². The third-order valence-corrected chi connectivity index (χ3v) is 6.77. The van der Waals surface area contributed by atoms with Gasteiger partial charge in [-0.2, -0.15) is 0 Å². The number of aryl methyl sites for hydroxylation is 2. The molecule has 1 aliphatic rings. The standard InChI is InChI=1S/C21H20FN3OS2/c22-15-10-8-14(9-11-15)13-27-20-16(5-4-12-23-20)19(26)25-21-24-17-6-2-1-3-7-18(17)28-21/h4-5,8-12H,1-3,6-7,13H2,(H,24,25,26). The molecule has 0 aliphatic heterocycles. The van der Waals surface area contributed by atoms with Crippen molar-refractivity contribution in [2.24, 2.45) is 0 Å². The molecule has 28 heavy (non-hydrogen) atoms. The summed E-state index contributed by atoms with van der Waals surface area (Å²) in [6, 6.07) is 9.89. The summed E-state index contributed by atoms with van der Waals surface area (Å²) in [5.41, 5.74) is 2.64. The number of pyridine rings is 1. The summed E-state index contributed by atoms with van der Waals surface area (Å²) in [5, 5.41) is 4.26. The lowest BCUT2D eigenvalue weighted by Crippen LogP contribution is -2.13. The second-order valence-corrected chi connectivity index (χ2v) is 8.72. The molecule has 0 atom stereocenters. The van der Waals surface area contributed by atoms with Gasteiger partial charge in [0.2, 0.25) is 0 Å². The second kappa shape index (κ2) is 8.84. The second-order valence-electron chi connectivity index (χ2n) is 6.67. The normalized spacial score (nSPS) is 13.6. The van der Waals surface area contributed by atoms with Crippen LogP contribution in [0.3, 0.4) is 0 Å². The maximum absolute atomic E-state index is 13.1. The minimum absolute atomic E-state index is 0.196. The summed E-state index contributed by atoms with van der Waals surface area (Å²) >= 11 is 3.05. The van der Waals surface area contributed by atoms with Gasteiger partial charge in [-0.05, 0) is 55.5 Å². The van der Waals surface area contributed by atoms with Crippen molar-refractivity contribution in [3.63, 3.8) is 0 Å². The van der Waals surface area contributed by atoms with E-state index in [2.05, 4.69) is 15.3 Å². The zero-order valence-electron chi connectivity index (χ0n) is 15.3. The molecular formula is C21H20FN3OS2. The molecule has 4 rings (SSSR count). The average Bonchev–Trinajstić information content (AvgIpc) is 2.95. The van der Waals surface area contributed by atoms with Crippen LogP contribution >= 0.6 is 23.1 Å². The van der Waals surface area contributed by atoms with E-state index in [1.165, 1.54) is 41.6 Å². The molecule has 144 valence electrons. The fourth-order valence-corrected chi connectivity index (χ4v) is 5.15. The van der Waals surface area contributed by atoms with Crippen molar-refractivity contribution in [1.82, 2.24) is 9.97 Å². The summed E-state index contributed by atoms with van der Waals surface area (Å²) in [6.45, 7) is 0. The first-order chi connectivity index (χ1) is 13.7. The van der Waals surface area contributed by atoms with Crippen LogP contribution in [-0.2, 0) is 18.6 Å². The van der Waals surface area contributed by atoms with E-state index in [1.54, 1.807) is 41.8 Å². The molecule has 0 unspecified atom stereocenters. The maximum atomic E-state index is 13.1. The van der Waals surface area contributed by atoms with Crippen LogP contribution in [0.1, 0.15) is 45.8 Å². The number of amides is 1. The number of nitrogens with one attached hydrogen (secondary N) is 1. The summed E-state index contributed by atoms with van der Waals surface area (Å²) < 4.78 is 13.1. The van der Waals surface area contributed by atoms with Gasteiger partial charge < -0.3 is 0 Å².